The van der Waals surface area contributed by atoms with E-state index in [2.05, 4.69) is 29.8 Å². The molecule has 2 heterocycles. The highest BCUT2D eigenvalue weighted by Gasteiger charge is 2.40. The van der Waals surface area contributed by atoms with Crippen LogP contribution in [0.3, 0.4) is 0 Å². The van der Waals surface area contributed by atoms with Crippen LogP contribution in [0.5, 0.6) is 0 Å². The van der Waals surface area contributed by atoms with E-state index < -0.39 is 0 Å². The van der Waals surface area contributed by atoms with Crippen molar-refractivity contribution in [2.24, 2.45) is 5.73 Å². The van der Waals surface area contributed by atoms with Gasteiger partial charge in [-0.1, -0.05) is 26.2 Å². The normalized spacial score (nSPS) is 26.3. The largest absolute Gasteiger partial charge is 0.370 e. The fraction of sp³-hybridized carbons (Fsp3) is 0.778. The van der Waals surface area contributed by atoms with E-state index in [1.54, 1.807) is 0 Å². The van der Waals surface area contributed by atoms with Crippen LogP contribution in [0.2, 0.25) is 0 Å². The summed E-state index contributed by atoms with van der Waals surface area (Å²) in [5.74, 6) is 0. The molecule has 1 aromatic heterocycles. The molecule has 3 rings (SSSR count). The molecule has 2 N–H and O–H groups in total. The van der Waals surface area contributed by atoms with Gasteiger partial charge in [0.2, 0.25) is 0 Å². The van der Waals surface area contributed by atoms with Crippen molar-refractivity contribution >= 4 is 0 Å². The molecular weight excluding hydrogens is 260 g/mol. The summed E-state index contributed by atoms with van der Waals surface area (Å²) >= 11 is 0. The minimum atomic E-state index is 0.232. The van der Waals surface area contributed by atoms with Crippen LogP contribution in [0, 0.1) is 0 Å². The molecule has 0 bridgehead atoms. The van der Waals surface area contributed by atoms with Gasteiger partial charge >= 0.3 is 0 Å². The second kappa shape index (κ2) is 6.53. The van der Waals surface area contributed by atoms with Crippen molar-refractivity contribution in [1.82, 2.24) is 4.57 Å². The van der Waals surface area contributed by atoms with Crippen LogP contribution >= 0.6 is 0 Å². The van der Waals surface area contributed by atoms with Crippen LogP contribution < -0.4 is 5.73 Å². The third-order valence-electron chi connectivity index (χ3n) is 5.42. The van der Waals surface area contributed by atoms with E-state index in [1.807, 2.05) is 0 Å². The molecule has 21 heavy (non-hydrogen) atoms. The molecule has 1 saturated heterocycles. The summed E-state index contributed by atoms with van der Waals surface area (Å²) in [6, 6.07) is 4.62. The van der Waals surface area contributed by atoms with Gasteiger partial charge in [-0.15, -0.1) is 0 Å². The molecule has 1 aromatic rings. The van der Waals surface area contributed by atoms with E-state index in [4.69, 9.17) is 10.5 Å². The molecular formula is C18H30N2O. The van der Waals surface area contributed by atoms with E-state index in [0.29, 0.717) is 6.10 Å². The predicted octanol–water partition coefficient (Wildman–Crippen LogP) is 3.65. The van der Waals surface area contributed by atoms with Gasteiger partial charge in [0, 0.05) is 30.9 Å². The lowest BCUT2D eigenvalue weighted by molar-refractivity contribution is -0.0681. The Morgan fingerprint density at radius 1 is 1.33 bits per heavy atom. The molecule has 2 atom stereocenters. The zero-order valence-electron chi connectivity index (χ0n) is 13.4. The molecule has 1 aliphatic carbocycles. The van der Waals surface area contributed by atoms with Gasteiger partial charge in [0.15, 0.2) is 0 Å². The van der Waals surface area contributed by atoms with Crippen molar-refractivity contribution in [2.45, 2.75) is 89.0 Å². The van der Waals surface area contributed by atoms with Crippen molar-refractivity contribution in [3.8, 4) is 0 Å². The van der Waals surface area contributed by atoms with E-state index in [1.165, 1.54) is 50.6 Å². The lowest BCUT2D eigenvalue weighted by atomic mass is 9.83. The first-order valence-corrected chi connectivity index (χ1v) is 8.78. The van der Waals surface area contributed by atoms with Crippen LogP contribution in [0.4, 0.5) is 0 Å². The molecule has 3 heteroatoms. The van der Waals surface area contributed by atoms with Gasteiger partial charge in [0.1, 0.15) is 0 Å². The Bertz CT molecular complexity index is 448. The van der Waals surface area contributed by atoms with Crippen molar-refractivity contribution in [3.63, 3.8) is 0 Å². The van der Waals surface area contributed by atoms with E-state index in [-0.39, 0.29) is 11.6 Å². The van der Waals surface area contributed by atoms with Gasteiger partial charge in [0.25, 0.3) is 0 Å². The van der Waals surface area contributed by atoms with Gasteiger partial charge in [-0.3, -0.25) is 0 Å². The van der Waals surface area contributed by atoms with Gasteiger partial charge < -0.3 is 15.0 Å². The number of hydrogen-bond acceptors (Lipinski definition) is 2. The highest BCUT2D eigenvalue weighted by molar-refractivity contribution is 5.09. The highest BCUT2D eigenvalue weighted by atomic mass is 16.5. The smallest absolute Gasteiger partial charge is 0.0762 e. The van der Waals surface area contributed by atoms with Gasteiger partial charge in [-0.25, -0.2) is 0 Å². The second-order valence-electron chi connectivity index (χ2n) is 7.05. The van der Waals surface area contributed by atoms with Crippen molar-refractivity contribution in [1.29, 1.82) is 0 Å². The predicted molar refractivity (Wildman–Crippen MR) is 86.3 cm³/mol. The summed E-state index contributed by atoms with van der Waals surface area (Å²) in [5, 5.41) is 0. The number of ether oxygens (including phenoxy) is 1. The summed E-state index contributed by atoms with van der Waals surface area (Å²) in [6.45, 7) is 3.16. The topological polar surface area (TPSA) is 40.2 Å². The standard InChI is InChI=1S/C18H30N2O/c1-2-15(19)13-16-7-6-12-20(16)14-17-8-11-18(21-17)9-4-3-5-10-18/h6-7,12,15,17H,2-5,8-11,13-14,19H2,1H3. The summed E-state index contributed by atoms with van der Waals surface area (Å²) in [6.07, 6.45) is 13.7. The van der Waals surface area contributed by atoms with Gasteiger partial charge in [0.05, 0.1) is 11.7 Å². The monoisotopic (exact) mass is 290 g/mol. The first kappa shape index (κ1) is 15.1. The maximum Gasteiger partial charge on any atom is 0.0762 e. The van der Waals surface area contributed by atoms with Crippen LogP contribution in [0.1, 0.15) is 64.0 Å². The van der Waals surface area contributed by atoms with Crippen molar-refractivity contribution in [3.05, 3.63) is 24.0 Å². The SMILES string of the molecule is CCC(N)Cc1cccn1CC1CCC2(CCCCC2)O1. The third-order valence-corrected chi connectivity index (χ3v) is 5.42. The van der Waals surface area contributed by atoms with Crippen LogP contribution in [-0.4, -0.2) is 22.3 Å². The minimum absolute atomic E-state index is 0.232. The van der Waals surface area contributed by atoms with Gasteiger partial charge in [-0.05, 0) is 44.2 Å². The molecule has 1 aliphatic heterocycles. The second-order valence-corrected chi connectivity index (χ2v) is 7.05. The van der Waals surface area contributed by atoms with E-state index in [9.17, 15) is 0 Å². The summed E-state index contributed by atoms with van der Waals surface area (Å²) < 4.78 is 8.86. The number of rotatable bonds is 5. The fourth-order valence-electron chi connectivity index (χ4n) is 4.03. The Balaban J connectivity index is 1.59. The number of hydrogen-bond donors (Lipinski definition) is 1. The fourth-order valence-corrected chi connectivity index (χ4v) is 4.03. The molecule has 0 radical (unpaired) electrons. The first-order chi connectivity index (χ1) is 10.2. The van der Waals surface area contributed by atoms with Crippen LogP contribution in [0.25, 0.3) is 0 Å². The summed E-state index contributed by atoms with van der Waals surface area (Å²) in [4.78, 5) is 0. The molecule has 0 amide bonds. The van der Waals surface area contributed by atoms with E-state index in [0.717, 1.165) is 19.4 Å². The average Bonchev–Trinajstić information content (AvgIpc) is 3.08. The third kappa shape index (κ3) is 3.51. The summed E-state index contributed by atoms with van der Waals surface area (Å²) in [5.41, 5.74) is 7.70. The Labute approximate surface area is 128 Å². The van der Waals surface area contributed by atoms with Crippen molar-refractivity contribution < 1.29 is 4.74 Å². The molecule has 1 spiro atoms. The lowest BCUT2D eigenvalue weighted by Crippen LogP contribution is -2.32. The summed E-state index contributed by atoms with van der Waals surface area (Å²) in [7, 11) is 0. The van der Waals surface area contributed by atoms with Crippen LogP contribution in [0.15, 0.2) is 18.3 Å². The average molecular weight is 290 g/mol. The number of nitrogens with two attached hydrogens (primary N) is 1. The lowest BCUT2D eigenvalue weighted by Gasteiger charge is -2.33. The Hall–Kier alpha value is -0.800. The minimum Gasteiger partial charge on any atom is -0.370 e. The Kier molecular flexibility index (Phi) is 4.70. The maximum atomic E-state index is 6.50. The van der Waals surface area contributed by atoms with E-state index >= 15 is 0 Å². The molecule has 2 fully saturated rings. The molecule has 118 valence electrons. The highest BCUT2D eigenvalue weighted by Crippen LogP contribution is 2.42. The molecule has 2 unspecified atom stereocenters. The molecule has 3 nitrogen and oxygen atoms in total. The van der Waals surface area contributed by atoms with Crippen molar-refractivity contribution in [2.75, 3.05) is 0 Å². The van der Waals surface area contributed by atoms with Gasteiger partial charge in [-0.2, -0.15) is 0 Å². The number of aromatic nitrogens is 1. The molecule has 1 saturated carbocycles. The first-order valence-electron chi connectivity index (χ1n) is 8.78. The molecule has 0 aromatic carbocycles. The Morgan fingerprint density at radius 2 is 2.14 bits per heavy atom. The molecule has 2 aliphatic rings. The Morgan fingerprint density at radius 3 is 2.90 bits per heavy atom. The quantitative estimate of drug-likeness (QED) is 0.899. The zero-order valence-corrected chi connectivity index (χ0v) is 13.4. The van der Waals surface area contributed by atoms with Crippen LogP contribution in [-0.2, 0) is 17.7 Å². The zero-order chi connectivity index (χ0) is 14.7. The number of nitrogens with zero attached hydrogens (tertiary/aromatic N) is 1. The maximum absolute atomic E-state index is 6.50.